The molecule has 9 heteroatoms. The van der Waals surface area contributed by atoms with Gasteiger partial charge in [0.05, 0.1) is 0 Å². The third kappa shape index (κ3) is 14.4. The van der Waals surface area contributed by atoms with Crippen LogP contribution in [0, 0.1) is 22.5 Å². The Morgan fingerprint density at radius 2 is 0.632 bits per heavy atom. The number of fused-ring (bicyclic) bond motifs is 6. The van der Waals surface area contributed by atoms with Crippen molar-refractivity contribution in [2.75, 3.05) is 10.9 Å². The van der Waals surface area contributed by atoms with Crippen molar-refractivity contribution in [2.45, 2.75) is 222 Å². The van der Waals surface area contributed by atoms with E-state index in [-0.39, 0.29) is 54.8 Å². The summed E-state index contributed by atoms with van der Waals surface area (Å²) in [5, 5.41) is 32.5. The summed E-state index contributed by atoms with van der Waals surface area (Å²) in [4.78, 5) is 0. The summed E-state index contributed by atoms with van der Waals surface area (Å²) in [6, 6.07) is 44.5. The van der Waals surface area contributed by atoms with Gasteiger partial charge in [-0.3, -0.25) is 0 Å². The van der Waals surface area contributed by atoms with Crippen molar-refractivity contribution in [1.29, 1.82) is 0 Å². The number of rotatable bonds is 16. The van der Waals surface area contributed by atoms with Gasteiger partial charge in [0.15, 0.2) is 0 Å². The van der Waals surface area contributed by atoms with Crippen molar-refractivity contribution < 1.29 is 28.5 Å². The first-order valence-corrected chi connectivity index (χ1v) is 40.6. The fourth-order valence-electron chi connectivity index (χ4n) is 14.9. The van der Waals surface area contributed by atoms with Crippen LogP contribution in [0.2, 0.25) is 10.5 Å². The van der Waals surface area contributed by atoms with Crippen LogP contribution < -0.4 is 9.47 Å². The number of nitrogens with zero attached hydrogens (tertiary/aromatic N) is 2. The predicted molar refractivity (Wildman–Crippen MR) is 402 cm³/mol. The van der Waals surface area contributed by atoms with Crippen LogP contribution in [-0.4, -0.2) is 43.5 Å². The molecular weight excluding hydrogens is 1240 g/mol. The van der Waals surface area contributed by atoms with Gasteiger partial charge in [0.1, 0.15) is 0 Å². The molecule has 0 aliphatic rings. The molecular formula is C86H108F2GeN2O4. The van der Waals surface area contributed by atoms with Crippen LogP contribution in [0.5, 0.6) is 23.0 Å². The molecule has 504 valence electrons. The molecule has 8 aromatic carbocycles. The van der Waals surface area contributed by atoms with Gasteiger partial charge in [0.25, 0.3) is 0 Å². The third-order valence-electron chi connectivity index (χ3n) is 20.2. The fraction of sp³-hybridized carbons (Fsp3) is 0.442. The molecule has 2 N–H and O–H groups in total. The molecule has 0 spiro atoms. The summed E-state index contributed by atoms with van der Waals surface area (Å²) < 4.78 is 51.2. The molecule has 0 aliphatic carbocycles. The van der Waals surface area contributed by atoms with E-state index in [0.29, 0.717) is 56.0 Å². The Kier molecular flexibility index (Phi) is 18.5. The summed E-state index contributed by atoms with van der Waals surface area (Å²) in [7, 11) is 0. The molecule has 0 saturated carbocycles. The van der Waals surface area contributed by atoms with E-state index in [9.17, 15) is 10.2 Å². The normalized spacial score (nSPS) is 13.5. The Bertz CT molecular complexity index is 4140. The molecule has 0 unspecified atom stereocenters. The van der Waals surface area contributed by atoms with Crippen LogP contribution in [0.25, 0.3) is 77.2 Å². The Morgan fingerprint density at radius 1 is 0.347 bits per heavy atom. The number of hydrogen-bond acceptors (Lipinski definition) is 4. The van der Waals surface area contributed by atoms with E-state index >= 15 is 8.78 Å². The second kappa shape index (κ2) is 24.8. The number of phenolic OH excluding ortho intramolecular Hbond substituents is 2. The molecule has 10 rings (SSSR count). The molecule has 10 aromatic rings. The molecule has 95 heavy (non-hydrogen) atoms. The number of halogens is 2. The number of aromatic hydroxyl groups is 2. The average Bonchev–Trinajstić information content (AvgIpc) is 1.59. The van der Waals surface area contributed by atoms with E-state index in [1.54, 1.807) is 12.1 Å². The number of aromatic nitrogens is 2. The first-order valence-electron chi connectivity index (χ1n) is 34.6. The van der Waals surface area contributed by atoms with Crippen molar-refractivity contribution >= 4 is 56.9 Å². The SMILES string of the molecule is C[CH2][Ge]([CH2]C)([CH2]Oc1ccc(F)cc1-c1cc(C(C)(C)CC(C)(C)C)cc(-n2c3ccc(C(C)(C)C)cc3c3cc(C(C)(C)C)ccc32)c1O)[CH2]Oc1ccc(F)cc1-c1cc(C(C)(C)CC(C)(C)C)cc(-n2c3ccc(C(C)(C)C)cc3c3cc(C(C)(C)C)ccc32)c1O. The molecule has 0 bridgehead atoms. The van der Waals surface area contributed by atoms with Gasteiger partial charge in [-0.15, -0.1) is 0 Å². The minimum atomic E-state index is -3.31. The van der Waals surface area contributed by atoms with E-state index in [2.05, 4.69) is 272 Å². The zero-order valence-electron chi connectivity index (χ0n) is 61.8. The van der Waals surface area contributed by atoms with Crippen molar-refractivity contribution in [3.05, 3.63) is 178 Å². The Balaban J connectivity index is 1.09. The van der Waals surface area contributed by atoms with Crippen molar-refractivity contribution in [1.82, 2.24) is 9.13 Å². The molecule has 0 fully saturated rings. The van der Waals surface area contributed by atoms with E-state index in [0.717, 1.165) is 78.1 Å². The van der Waals surface area contributed by atoms with Crippen LogP contribution in [0.4, 0.5) is 8.78 Å². The monoisotopic (exact) mass is 1340 g/mol. The van der Waals surface area contributed by atoms with E-state index in [4.69, 9.17) is 9.47 Å². The number of phenols is 2. The summed E-state index contributed by atoms with van der Waals surface area (Å²) >= 11 is -3.31. The van der Waals surface area contributed by atoms with Crippen LogP contribution in [0.3, 0.4) is 0 Å². The Labute approximate surface area is 569 Å². The molecule has 2 heterocycles. The van der Waals surface area contributed by atoms with Crippen LogP contribution in [0.1, 0.15) is 212 Å². The Hall–Kier alpha value is -7.04. The summed E-state index contributed by atoms with van der Waals surface area (Å²) in [5.41, 5.74) is 13.3. The summed E-state index contributed by atoms with van der Waals surface area (Å²) in [6.45, 7) is 53.8. The maximum absolute atomic E-state index is 16.2. The van der Waals surface area contributed by atoms with Gasteiger partial charge < -0.3 is 0 Å². The quantitative estimate of drug-likeness (QED) is 0.0946. The van der Waals surface area contributed by atoms with Gasteiger partial charge in [-0.05, 0) is 21.7 Å². The average molecular weight is 1340 g/mol. The van der Waals surface area contributed by atoms with Gasteiger partial charge >= 0.3 is 469 Å². The van der Waals surface area contributed by atoms with Crippen molar-refractivity contribution in [2.24, 2.45) is 10.8 Å². The van der Waals surface area contributed by atoms with Crippen LogP contribution >= 0.6 is 0 Å². The summed E-state index contributed by atoms with van der Waals surface area (Å²) in [5.74, 6) is 0.0942. The zero-order chi connectivity index (χ0) is 69.9. The predicted octanol–water partition coefficient (Wildman–Crippen LogP) is 24.5. The molecule has 2 aromatic heterocycles. The molecule has 0 saturated heterocycles. The van der Waals surface area contributed by atoms with Gasteiger partial charge in [0, 0.05) is 0 Å². The van der Waals surface area contributed by atoms with Gasteiger partial charge in [-0.1, -0.05) is 83.1 Å². The molecule has 0 amide bonds. The Morgan fingerprint density at radius 3 is 0.884 bits per heavy atom. The maximum atomic E-state index is 16.2. The molecule has 6 nitrogen and oxygen atoms in total. The minimum absolute atomic E-state index is 0.0278. The fourth-order valence-corrected chi connectivity index (χ4v) is 19.8. The topological polar surface area (TPSA) is 68.8 Å². The first kappa shape index (κ1) is 70.8. The summed E-state index contributed by atoms with van der Waals surface area (Å²) in [6.07, 6.45) is 1.68. The van der Waals surface area contributed by atoms with Crippen LogP contribution in [-0.2, 0) is 32.5 Å². The van der Waals surface area contributed by atoms with Crippen molar-refractivity contribution in [3.63, 3.8) is 0 Å². The van der Waals surface area contributed by atoms with Gasteiger partial charge in [0.2, 0.25) is 0 Å². The molecule has 0 atom stereocenters. The second-order valence-corrected chi connectivity index (χ2v) is 46.2. The standard InChI is InChI=1S/C86H108F2GeN2O4/c1-25-89(26-2,51-94-75-37-31-59(87)47-65(75)67-43-57(85(21,22)49-79(3,4)5)45-73(77(67)92)90-69-33-27-53(81(9,10)11)39-61(69)62-40-54(82(12,13)14)28-34-70(62)90)52-95-76-38-32-60(88)48-66(76)68-44-58(86(23,24)50-80(6,7)8)46-74(78(68)93)91-71-35-29-55(83(15,16)17)41-63(71)64-42-56(84(18,19)20)30-36-72(64)91/h27-48,92-93H,25-26,49-52H2,1-24H3. The first-order chi connectivity index (χ1) is 43.8. The zero-order valence-corrected chi connectivity index (χ0v) is 63.9. The number of ether oxygens (including phenoxy) is 2. The van der Waals surface area contributed by atoms with E-state index in [1.807, 2.05) is 0 Å². The van der Waals surface area contributed by atoms with Gasteiger partial charge in [-0.25, -0.2) is 0 Å². The number of benzene rings is 8. The molecule has 0 aliphatic heterocycles. The van der Waals surface area contributed by atoms with Crippen LogP contribution in [0.15, 0.2) is 133 Å². The van der Waals surface area contributed by atoms with E-state index in [1.165, 1.54) is 46.5 Å². The number of hydrogen-bond donors (Lipinski definition) is 2. The molecule has 0 radical (unpaired) electrons. The van der Waals surface area contributed by atoms with Crippen molar-refractivity contribution in [3.8, 4) is 56.6 Å². The second-order valence-electron chi connectivity index (χ2n) is 35.7. The van der Waals surface area contributed by atoms with E-state index < -0.39 is 24.9 Å². The van der Waals surface area contributed by atoms with Gasteiger partial charge in [-0.2, -0.15) is 0 Å². The third-order valence-corrected chi connectivity index (χ3v) is 29.7.